The fraction of sp³-hybridized carbons (Fsp3) is 0.333. The molecule has 1 aliphatic rings. The molecule has 0 saturated heterocycles. The third-order valence-corrected chi connectivity index (χ3v) is 7.43. The first-order chi connectivity index (χ1) is 14.6. The van der Waals surface area contributed by atoms with E-state index in [1.165, 1.54) is 25.2 Å². The van der Waals surface area contributed by atoms with E-state index in [-0.39, 0.29) is 16.1 Å². The molecule has 1 saturated carbocycles. The molecular weight excluding hydrogens is 486 g/mol. The number of sulfonamides is 1. The van der Waals surface area contributed by atoms with Crippen LogP contribution < -0.4 is 10.0 Å². The van der Waals surface area contributed by atoms with Gasteiger partial charge >= 0.3 is 0 Å². The normalized spacial score (nSPS) is 14.9. The lowest BCUT2D eigenvalue weighted by atomic mass is 9.65. The van der Waals surface area contributed by atoms with Crippen molar-refractivity contribution in [2.45, 2.75) is 42.9 Å². The Hall–Kier alpha value is -2.77. The van der Waals surface area contributed by atoms with E-state index >= 15 is 0 Å². The number of phenolic OH excluding ortho intramolecular Hbond substituents is 2. The Kier molecular flexibility index (Phi) is 6.21. The standard InChI is InChI=1S/C21H22BrN3O5S/c1-3-12-7-14(22)10-17(18(12)26)31(29,30)25-16-9-13(21(11-23)5-4-6-21)8-15(19(16)27)20(28)24-2/h7-10,25-27H,3-6H2,1-2H3,(H,24,28). The van der Waals surface area contributed by atoms with Crippen LogP contribution in [0.4, 0.5) is 5.69 Å². The fourth-order valence-electron chi connectivity index (χ4n) is 3.59. The molecule has 1 aliphatic carbocycles. The van der Waals surface area contributed by atoms with Gasteiger partial charge < -0.3 is 15.5 Å². The van der Waals surface area contributed by atoms with E-state index in [2.05, 4.69) is 32.0 Å². The smallest absolute Gasteiger partial charge is 0.265 e. The molecule has 0 unspecified atom stereocenters. The number of carbonyl (C=O) groups excluding carboxylic acids is 1. The maximum atomic E-state index is 13.1. The average Bonchev–Trinajstić information content (AvgIpc) is 2.70. The second-order valence-corrected chi connectivity index (χ2v) is 9.98. The van der Waals surface area contributed by atoms with Gasteiger partial charge in [0.05, 0.1) is 22.7 Å². The van der Waals surface area contributed by atoms with E-state index in [1.807, 2.05) is 0 Å². The lowest BCUT2D eigenvalue weighted by Crippen LogP contribution is -2.33. The Morgan fingerprint density at radius 1 is 1.23 bits per heavy atom. The van der Waals surface area contributed by atoms with E-state index in [9.17, 15) is 28.7 Å². The second-order valence-electron chi connectivity index (χ2n) is 7.42. The van der Waals surface area contributed by atoms with Crippen LogP contribution in [0, 0.1) is 11.3 Å². The van der Waals surface area contributed by atoms with Gasteiger partial charge in [0.1, 0.15) is 10.6 Å². The second kappa shape index (κ2) is 8.40. The van der Waals surface area contributed by atoms with Crippen LogP contribution in [0.1, 0.15) is 47.7 Å². The summed E-state index contributed by atoms with van der Waals surface area (Å²) in [5.74, 6) is -1.58. The van der Waals surface area contributed by atoms with Crippen LogP contribution in [0.3, 0.4) is 0 Å². The molecule has 4 N–H and O–H groups in total. The number of benzene rings is 2. The Labute approximate surface area is 189 Å². The van der Waals surface area contributed by atoms with Gasteiger partial charge in [0, 0.05) is 11.5 Å². The molecule has 0 spiro atoms. The quantitative estimate of drug-likeness (QED) is 0.441. The monoisotopic (exact) mass is 507 g/mol. The number of rotatable bonds is 6. The maximum absolute atomic E-state index is 13.1. The lowest BCUT2D eigenvalue weighted by Gasteiger charge is -2.36. The Morgan fingerprint density at radius 2 is 1.90 bits per heavy atom. The minimum Gasteiger partial charge on any atom is -0.506 e. The van der Waals surface area contributed by atoms with Crippen molar-refractivity contribution >= 4 is 37.5 Å². The highest BCUT2D eigenvalue weighted by Crippen LogP contribution is 2.46. The highest BCUT2D eigenvalue weighted by molar-refractivity contribution is 9.10. The summed E-state index contributed by atoms with van der Waals surface area (Å²) >= 11 is 3.24. The SMILES string of the molecule is CCc1cc(Br)cc(S(=O)(=O)Nc2cc(C3(C#N)CCC3)cc(C(=O)NC)c2O)c1O. The minimum absolute atomic E-state index is 0.146. The molecule has 10 heteroatoms. The van der Waals surface area contributed by atoms with Gasteiger partial charge in [-0.1, -0.05) is 22.9 Å². The first-order valence-electron chi connectivity index (χ1n) is 9.63. The zero-order valence-corrected chi connectivity index (χ0v) is 19.4. The van der Waals surface area contributed by atoms with E-state index in [1.54, 1.807) is 13.0 Å². The Morgan fingerprint density at radius 3 is 2.42 bits per heavy atom. The average molecular weight is 508 g/mol. The number of amides is 1. The number of nitrogens with one attached hydrogen (secondary N) is 2. The predicted molar refractivity (Wildman–Crippen MR) is 119 cm³/mol. The summed E-state index contributed by atoms with van der Waals surface area (Å²) in [6, 6.07) is 7.91. The van der Waals surface area contributed by atoms with Crippen molar-refractivity contribution < 1.29 is 23.4 Å². The molecule has 0 atom stereocenters. The molecule has 0 aliphatic heterocycles. The molecule has 164 valence electrons. The number of nitriles is 1. The van der Waals surface area contributed by atoms with E-state index < -0.39 is 32.8 Å². The fourth-order valence-corrected chi connectivity index (χ4v) is 5.47. The van der Waals surface area contributed by atoms with Gasteiger partial charge in [0.2, 0.25) is 0 Å². The Balaban J connectivity index is 2.16. The van der Waals surface area contributed by atoms with Crippen molar-refractivity contribution in [3.05, 3.63) is 45.4 Å². The van der Waals surface area contributed by atoms with Crippen LogP contribution in [0.5, 0.6) is 11.5 Å². The molecule has 2 aromatic rings. The number of nitrogens with zero attached hydrogens (tertiary/aromatic N) is 1. The van der Waals surface area contributed by atoms with Crippen molar-refractivity contribution in [2.24, 2.45) is 0 Å². The summed E-state index contributed by atoms with van der Waals surface area (Å²) in [4.78, 5) is 11.9. The molecule has 0 radical (unpaired) electrons. The van der Waals surface area contributed by atoms with Gasteiger partial charge in [0.25, 0.3) is 15.9 Å². The summed E-state index contributed by atoms with van der Waals surface area (Å²) in [6.07, 6.45) is 2.37. The number of carbonyl (C=O) groups is 1. The summed E-state index contributed by atoms with van der Waals surface area (Å²) in [5.41, 5.74) is -0.356. The van der Waals surface area contributed by atoms with Crippen LogP contribution in [0.2, 0.25) is 0 Å². The molecular formula is C21H22BrN3O5S. The van der Waals surface area contributed by atoms with Gasteiger partial charge in [-0.25, -0.2) is 8.42 Å². The Bertz CT molecular complexity index is 1200. The van der Waals surface area contributed by atoms with Gasteiger partial charge in [-0.3, -0.25) is 9.52 Å². The van der Waals surface area contributed by atoms with Crippen LogP contribution in [0.25, 0.3) is 0 Å². The topological polar surface area (TPSA) is 140 Å². The number of phenols is 2. The molecule has 1 amide bonds. The third kappa shape index (κ3) is 4.07. The zero-order valence-electron chi connectivity index (χ0n) is 17.0. The van der Waals surface area contributed by atoms with Gasteiger partial charge in [-0.05, 0) is 61.1 Å². The van der Waals surface area contributed by atoms with Crippen molar-refractivity contribution in [3.63, 3.8) is 0 Å². The lowest BCUT2D eigenvalue weighted by molar-refractivity contribution is 0.0960. The number of halogens is 1. The van der Waals surface area contributed by atoms with Crippen LogP contribution in [-0.2, 0) is 21.9 Å². The minimum atomic E-state index is -4.33. The van der Waals surface area contributed by atoms with Crippen LogP contribution >= 0.6 is 15.9 Å². The number of hydrogen-bond acceptors (Lipinski definition) is 6. The van der Waals surface area contributed by atoms with Gasteiger partial charge in [-0.15, -0.1) is 0 Å². The molecule has 0 bridgehead atoms. The molecule has 1 fully saturated rings. The molecule has 31 heavy (non-hydrogen) atoms. The highest BCUT2D eigenvalue weighted by atomic mass is 79.9. The predicted octanol–water partition coefficient (Wildman–Crippen LogP) is 3.53. The van der Waals surface area contributed by atoms with Crippen LogP contribution in [0.15, 0.2) is 33.6 Å². The number of aryl methyl sites for hydroxylation is 1. The summed E-state index contributed by atoms with van der Waals surface area (Å²) in [7, 11) is -2.95. The molecule has 8 nitrogen and oxygen atoms in total. The molecule has 0 aromatic heterocycles. The van der Waals surface area contributed by atoms with Crippen molar-refractivity contribution in [1.29, 1.82) is 5.26 Å². The number of aromatic hydroxyl groups is 2. The summed E-state index contributed by atoms with van der Waals surface area (Å²) < 4.78 is 28.9. The molecule has 2 aromatic carbocycles. The zero-order chi connectivity index (χ0) is 23.0. The summed E-state index contributed by atoms with van der Waals surface area (Å²) in [6.45, 7) is 1.77. The van der Waals surface area contributed by atoms with Crippen molar-refractivity contribution in [1.82, 2.24) is 5.32 Å². The van der Waals surface area contributed by atoms with Crippen molar-refractivity contribution in [2.75, 3.05) is 11.8 Å². The highest BCUT2D eigenvalue weighted by Gasteiger charge is 2.40. The number of anilines is 1. The van der Waals surface area contributed by atoms with E-state index in [0.29, 0.717) is 34.9 Å². The van der Waals surface area contributed by atoms with Crippen molar-refractivity contribution in [3.8, 4) is 17.6 Å². The largest absolute Gasteiger partial charge is 0.506 e. The van der Waals surface area contributed by atoms with E-state index in [4.69, 9.17) is 0 Å². The van der Waals surface area contributed by atoms with Gasteiger partial charge in [-0.2, -0.15) is 5.26 Å². The van der Waals surface area contributed by atoms with E-state index in [0.717, 1.165) is 6.42 Å². The maximum Gasteiger partial charge on any atom is 0.265 e. The summed E-state index contributed by atoms with van der Waals surface area (Å²) in [5, 5.41) is 33.2. The number of hydrogen-bond donors (Lipinski definition) is 4. The van der Waals surface area contributed by atoms with Gasteiger partial charge in [0.15, 0.2) is 5.75 Å². The third-order valence-electron chi connectivity index (χ3n) is 5.59. The first-order valence-corrected chi connectivity index (χ1v) is 11.9. The molecule has 3 rings (SSSR count). The first kappa shape index (κ1) is 22.9. The molecule has 0 heterocycles. The van der Waals surface area contributed by atoms with Crippen LogP contribution in [-0.4, -0.2) is 31.6 Å².